The van der Waals surface area contributed by atoms with Gasteiger partial charge in [0.15, 0.2) is 0 Å². The maximum Gasteiger partial charge on any atom is 0.240 e. The number of nitriles is 1. The lowest BCUT2D eigenvalue weighted by Gasteiger charge is -2.33. The summed E-state index contributed by atoms with van der Waals surface area (Å²) in [7, 11) is 4.06. The van der Waals surface area contributed by atoms with E-state index >= 15 is 0 Å². The summed E-state index contributed by atoms with van der Waals surface area (Å²) in [6.07, 6.45) is 4.54. The summed E-state index contributed by atoms with van der Waals surface area (Å²) in [5.41, 5.74) is -0.753. The van der Waals surface area contributed by atoms with Crippen molar-refractivity contribution in [1.29, 1.82) is 5.26 Å². The summed E-state index contributed by atoms with van der Waals surface area (Å²) >= 11 is 0. The second-order valence-electron chi connectivity index (χ2n) is 6.84. The molecule has 0 spiro atoms. The Morgan fingerprint density at radius 1 is 1.32 bits per heavy atom. The zero-order chi connectivity index (χ0) is 14.5. The molecule has 1 fully saturated rings. The minimum absolute atomic E-state index is 0.0183. The van der Waals surface area contributed by atoms with E-state index in [4.69, 9.17) is 0 Å². The third-order valence-corrected chi connectivity index (χ3v) is 3.83. The van der Waals surface area contributed by atoms with Crippen LogP contribution in [0.3, 0.4) is 0 Å². The van der Waals surface area contributed by atoms with Crippen LogP contribution in [0.1, 0.15) is 46.0 Å². The molecule has 1 saturated carbocycles. The molecular weight excluding hydrogens is 238 g/mol. The molecule has 0 aromatic heterocycles. The predicted molar refractivity (Wildman–Crippen MR) is 76.5 cm³/mol. The Labute approximate surface area is 117 Å². The molecule has 0 aromatic carbocycles. The summed E-state index contributed by atoms with van der Waals surface area (Å²) in [5.74, 6) is -0.0680. The van der Waals surface area contributed by atoms with Crippen LogP contribution >= 0.6 is 0 Å². The molecule has 108 valence electrons. The number of carbonyl (C=O) groups is 1. The van der Waals surface area contributed by atoms with Crippen LogP contribution in [0.2, 0.25) is 0 Å². The molecule has 19 heavy (non-hydrogen) atoms. The van der Waals surface area contributed by atoms with E-state index in [9.17, 15) is 10.1 Å². The van der Waals surface area contributed by atoms with Crippen LogP contribution in [0.5, 0.6) is 0 Å². The highest BCUT2D eigenvalue weighted by atomic mass is 16.2. The van der Waals surface area contributed by atoms with Crippen molar-refractivity contribution in [3.8, 4) is 6.07 Å². The molecule has 0 atom stereocenters. The van der Waals surface area contributed by atoms with Crippen LogP contribution in [0.25, 0.3) is 0 Å². The fourth-order valence-corrected chi connectivity index (χ4v) is 2.95. The molecule has 0 aromatic rings. The van der Waals surface area contributed by atoms with Crippen LogP contribution in [0.15, 0.2) is 0 Å². The van der Waals surface area contributed by atoms with E-state index in [1.165, 1.54) is 0 Å². The molecule has 4 nitrogen and oxygen atoms in total. The van der Waals surface area contributed by atoms with Crippen LogP contribution < -0.4 is 5.32 Å². The molecule has 0 saturated heterocycles. The summed E-state index contributed by atoms with van der Waals surface area (Å²) in [6.45, 7) is 5.79. The summed E-state index contributed by atoms with van der Waals surface area (Å²) in [4.78, 5) is 14.5. The highest BCUT2D eigenvalue weighted by molar-refractivity contribution is 5.85. The van der Waals surface area contributed by atoms with Gasteiger partial charge in [0.1, 0.15) is 5.41 Å². The van der Waals surface area contributed by atoms with Gasteiger partial charge in [0.2, 0.25) is 5.91 Å². The van der Waals surface area contributed by atoms with Gasteiger partial charge in [-0.3, -0.25) is 4.79 Å². The molecule has 4 heteroatoms. The summed E-state index contributed by atoms with van der Waals surface area (Å²) < 4.78 is 0. The van der Waals surface area contributed by atoms with E-state index in [1.54, 1.807) is 0 Å². The highest BCUT2D eigenvalue weighted by Gasteiger charge is 2.40. The Kier molecular flexibility index (Phi) is 5.37. The summed E-state index contributed by atoms with van der Waals surface area (Å²) in [5, 5.41) is 12.4. The Hall–Kier alpha value is -1.08. The van der Waals surface area contributed by atoms with Gasteiger partial charge in [-0.25, -0.2) is 0 Å². The van der Waals surface area contributed by atoms with E-state index < -0.39 is 5.41 Å². The molecule has 0 heterocycles. The number of rotatable bonds is 5. The summed E-state index contributed by atoms with van der Waals surface area (Å²) in [6, 6.07) is 2.27. The third-order valence-electron chi connectivity index (χ3n) is 3.83. The first-order valence-electron chi connectivity index (χ1n) is 7.16. The molecule has 1 aliphatic rings. The molecule has 1 N–H and O–H groups in total. The van der Waals surface area contributed by atoms with Gasteiger partial charge >= 0.3 is 0 Å². The first-order valence-corrected chi connectivity index (χ1v) is 7.16. The topological polar surface area (TPSA) is 56.1 Å². The third kappa shape index (κ3) is 4.50. The van der Waals surface area contributed by atoms with Crippen molar-refractivity contribution in [2.75, 3.05) is 27.2 Å². The number of hydrogen-bond donors (Lipinski definition) is 1. The smallest absolute Gasteiger partial charge is 0.240 e. The van der Waals surface area contributed by atoms with Crippen molar-refractivity contribution in [3.63, 3.8) is 0 Å². The molecule has 0 unspecified atom stereocenters. The van der Waals surface area contributed by atoms with Crippen molar-refractivity contribution in [1.82, 2.24) is 10.2 Å². The monoisotopic (exact) mass is 265 g/mol. The zero-order valence-corrected chi connectivity index (χ0v) is 12.8. The number of carbonyl (C=O) groups excluding carboxylic acids is 1. The van der Waals surface area contributed by atoms with Crippen LogP contribution in [-0.2, 0) is 4.79 Å². The molecular formula is C15H27N3O. The number of hydrogen-bond acceptors (Lipinski definition) is 3. The lowest BCUT2D eigenvalue weighted by Crippen LogP contribution is -2.46. The lowest BCUT2D eigenvalue weighted by molar-refractivity contribution is -0.130. The van der Waals surface area contributed by atoms with Crippen molar-refractivity contribution in [2.45, 2.75) is 46.0 Å². The van der Waals surface area contributed by atoms with Crippen molar-refractivity contribution in [3.05, 3.63) is 0 Å². The van der Waals surface area contributed by atoms with Crippen molar-refractivity contribution >= 4 is 5.91 Å². The minimum Gasteiger partial charge on any atom is -0.354 e. The van der Waals surface area contributed by atoms with Crippen molar-refractivity contribution in [2.24, 2.45) is 10.8 Å². The van der Waals surface area contributed by atoms with Gasteiger partial charge in [-0.1, -0.05) is 33.1 Å². The number of nitrogens with one attached hydrogen (secondary N) is 1. The van der Waals surface area contributed by atoms with E-state index in [0.717, 1.165) is 25.8 Å². The molecule has 1 aliphatic carbocycles. The van der Waals surface area contributed by atoms with Crippen LogP contribution in [0, 0.1) is 22.2 Å². The van der Waals surface area contributed by atoms with Gasteiger partial charge in [-0.05, 0) is 32.4 Å². The fourth-order valence-electron chi connectivity index (χ4n) is 2.95. The van der Waals surface area contributed by atoms with Gasteiger partial charge in [-0.15, -0.1) is 0 Å². The SMILES string of the molecule is CN(C)CC(C)(C)CNC(=O)C1(C#N)CCCCC1. The van der Waals surface area contributed by atoms with Crippen LogP contribution in [0.4, 0.5) is 0 Å². The van der Waals surface area contributed by atoms with Gasteiger partial charge in [0, 0.05) is 13.1 Å². The normalized spacial score (nSPS) is 18.9. The Balaban J connectivity index is 2.57. The Bertz CT molecular complexity index is 349. The lowest BCUT2D eigenvalue weighted by atomic mass is 9.74. The minimum atomic E-state index is -0.771. The van der Waals surface area contributed by atoms with Gasteiger partial charge in [-0.2, -0.15) is 5.26 Å². The maximum absolute atomic E-state index is 12.3. The standard InChI is InChI=1S/C15H27N3O/c1-14(2,12-18(3)4)11-17-13(19)15(10-16)8-6-5-7-9-15/h5-9,11-12H2,1-4H3,(H,17,19). The maximum atomic E-state index is 12.3. The molecule has 0 aliphatic heterocycles. The van der Waals surface area contributed by atoms with Crippen molar-refractivity contribution < 1.29 is 4.79 Å². The second kappa shape index (κ2) is 6.38. The fraction of sp³-hybridized carbons (Fsp3) is 0.867. The second-order valence-corrected chi connectivity index (χ2v) is 6.84. The van der Waals surface area contributed by atoms with E-state index in [2.05, 4.69) is 30.1 Å². The van der Waals surface area contributed by atoms with Gasteiger partial charge < -0.3 is 10.2 Å². The average Bonchev–Trinajstić information content (AvgIpc) is 2.35. The zero-order valence-electron chi connectivity index (χ0n) is 12.8. The number of nitrogens with zero attached hydrogens (tertiary/aromatic N) is 2. The van der Waals surface area contributed by atoms with Gasteiger partial charge in [0.05, 0.1) is 6.07 Å². The van der Waals surface area contributed by atoms with Gasteiger partial charge in [0.25, 0.3) is 0 Å². The Morgan fingerprint density at radius 2 is 1.89 bits per heavy atom. The number of amides is 1. The molecule has 0 radical (unpaired) electrons. The van der Waals surface area contributed by atoms with Crippen LogP contribution in [-0.4, -0.2) is 38.0 Å². The van der Waals surface area contributed by atoms with E-state index in [1.807, 2.05) is 14.1 Å². The van der Waals surface area contributed by atoms with E-state index in [0.29, 0.717) is 19.4 Å². The first kappa shape index (κ1) is 16.0. The molecule has 1 amide bonds. The predicted octanol–water partition coefficient (Wildman–Crippen LogP) is 2.16. The first-order chi connectivity index (χ1) is 8.81. The molecule has 1 rings (SSSR count). The van der Waals surface area contributed by atoms with E-state index in [-0.39, 0.29) is 11.3 Å². The Morgan fingerprint density at radius 3 is 2.37 bits per heavy atom. The quantitative estimate of drug-likeness (QED) is 0.829. The largest absolute Gasteiger partial charge is 0.354 e. The molecule has 0 bridgehead atoms. The highest BCUT2D eigenvalue weighted by Crippen LogP contribution is 2.36. The average molecular weight is 265 g/mol.